The number of amides is 1. The minimum absolute atomic E-state index is 0. The third kappa shape index (κ3) is 21.1. The van der Waals surface area contributed by atoms with Gasteiger partial charge in [-0.1, -0.05) is 40.5 Å². The van der Waals surface area contributed by atoms with E-state index in [0.717, 1.165) is 6.42 Å². The van der Waals surface area contributed by atoms with Gasteiger partial charge in [-0.2, -0.15) is 7.05 Å². The van der Waals surface area contributed by atoms with Gasteiger partial charge in [0.05, 0.1) is 5.91 Å². The summed E-state index contributed by atoms with van der Waals surface area (Å²) in [5.41, 5.74) is 5.90. The molecule has 1 amide bonds. The summed E-state index contributed by atoms with van der Waals surface area (Å²) in [6, 6.07) is 0. The van der Waals surface area contributed by atoms with Crippen LogP contribution in [0.5, 0.6) is 0 Å². The van der Waals surface area contributed by atoms with E-state index in [0.29, 0.717) is 12.5 Å². The number of carbonyl (C=O) groups is 1. The molecule has 139 valence electrons. The summed E-state index contributed by atoms with van der Waals surface area (Å²) < 4.78 is 0. The zero-order valence-corrected chi connectivity index (χ0v) is 29.3. The van der Waals surface area contributed by atoms with Gasteiger partial charge in [0.15, 0.2) is 0 Å². The van der Waals surface area contributed by atoms with Crippen molar-refractivity contribution in [3.8, 4) is 0 Å². The molecule has 0 bridgehead atoms. The fourth-order valence-electron chi connectivity index (χ4n) is 2.80. The van der Waals surface area contributed by atoms with E-state index in [1.165, 1.54) is 19.9 Å². The van der Waals surface area contributed by atoms with Crippen molar-refractivity contribution in [1.82, 2.24) is 0 Å². The molecular formula is C16H38KN3OY3-6. The molecule has 0 heterocycles. The predicted molar refractivity (Wildman–Crippen MR) is 95.1 cm³/mol. The van der Waals surface area contributed by atoms with Crippen molar-refractivity contribution in [2.24, 2.45) is 17.3 Å². The summed E-state index contributed by atoms with van der Waals surface area (Å²) in [4.78, 5) is 11.9. The second-order valence-electron chi connectivity index (χ2n) is 5.15. The summed E-state index contributed by atoms with van der Waals surface area (Å²) in [6.45, 7) is 9.15. The van der Waals surface area contributed by atoms with Gasteiger partial charge in [-0.3, -0.25) is 0 Å². The zero-order chi connectivity index (χ0) is 12.8. The standard InChI is InChI=1S/C12H23NO.CH4N.3CH3.K.H2N.3Y.H/c1-5-13-11(14)10-9(2)7-6-8-12(10,3)4;1-2;;;;;;;;;/h9-10H,5-8H2,1-4H3,(H,13,14);2H,1H3;3*1H3;;1H2;;;;/q;4*-1;+1;-1;;;;-1/p-1. The summed E-state index contributed by atoms with van der Waals surface area (Å²) in [5, 5.41) is 4.06. The maximum absolute atomic E-state index is 11.9. The van der Waals surface area contributed by atoms with Gasteiger partial charge in [-0.05, 0) is 17.8 Å². The smallest absolute Gasteiger partial charge is 1.00 e. The molecule has 0 aromatic rings. The molecule has 8 heteroatoms. The average molecular weight is 594 g/mol. The van der Waals surface area contributed by atoms with Crippen molar-refractivity contribution in [2.75, 3.05) is 13.6 Å². The molecule has 1 rings (SSSR count). The molecule has 1 fully saturated rings. The number of nitrogens with zero attached hydrogens (tertiary/aromatic N) is 1. The van der Waals surface area contributed by atoms with Crippen LogP contribution in [0, 0.1) is 39.5 Å². The molecule has 2 unspecified atom stereocenters. The van der Waals surface area contributed by atoms with Crippen LogP contribution in [-0.4, -0.2) is 19.5 Å². The Kier molecular flexibility index (Phi) is 75.5. The molecule has 1 aliphatic carbocycles. The Balaban J connectivity index is -0.0000000247. The summed E-state index contributed by atoms with van der Waals surface area (Å²) in [5.74, 6) is 0.780. The molecule has 0 aliphatic heterocycles. The zero-order valence-electron chi connectivity index (χ0n) is 18.6. The quantitative estimate of drug-likeness (QED) is 0.357. The molecule has 1 saturated carbocycles. The molecule has 4 nitrogen and oxygen atoms in total. The summed E-state index contributed by atoms with van der Waals surface area (Å²) >= 11 is 0. The second kappa shape index (κ2) is 32.0. The summed E-state index contributed by atoms with van der Waals surface area (Å²) in [7, 11) is 1.25. The average Bonchev–Trinajstić information content (AvgIpc) is 2.19. The third-order valence-corrected chi connectivity index (χ3v) is 3.47. The van der Waals surface area contributed by atoms with Gasteiger partial charge in [0.1, 0.15) is 0 Å². The fraction of sp³-hybridized carbons (Fsp3) is 0.750. The van der Waals surface area contributed by atoms with Crippen molar-refractivity contribution in [1.29, 1.82) is 0 Å². The van der Waals surface area contributed by atoms with E-state index in [2.05, 4.69) is 26.1 Å². The molecule has 0 spiro atoms. The number of rotatable bonds is 2. The van der Waals surface area contributed by atoms with Crippen molar-refractivity contribution in [2.45, 2.75) is 47.0 Å². The van der Waals surface area contributed by atoms with Crippen LogP contribution in [0.15, 0.2) is 0 Å². The summed E-state index contributed by atoms with van der Waals surface area (Å²) in [6.07, 6.45) is 3.59. The van der Waals surface area contributed by atoms with E-state index >= 15 is 0 Å². The van der Waals surface area contributed by atoms with Gasteiger partial charge in [-0.25, -0.2) is 0 Å². The number of nitrogens with one attached hydrogen (secondary N) is 1. The molecule has 3 radical (unpaired) electrons. The van der Waals surface area contributed by atoms with Crippen LogP contribution in [-0.2, 0) is 103 Å². The van der Waals surface area contributed by atoms with Crippen molar-refractivity contribution >= 4 is 5.91 Å². The third-order valence-electron chi connectivity index (χ3n) is 3.47. The second-order valence-corrected chi connectivity index (χ2v) is 5.15. The normalized spacial score (nSPS) is 18.4. The molecule has 0 saturated heterocycles. The molecular weight excluding hydrogens is 556 g/mol. The molecule has 0 aromatic carbocycles. The maximum Gasteiger partial charge on any atom is 1.00 e. The topological polar surface area (TPSA) is 88.5 Å². The van der Waals surface area contributed by atoms with Gasteiger partial charge >= 0.3 is 51.4 Å². The van der Waals surface area contributed by atoms with Crippen LogP contribution in [0.3, 0.4) is 0 Å². The largest absolute Gasteiger partial charge is 1.00 e. The van der Waals surface area contributed by atoms with Crippen LogP contribution in [0.1, 0.15) is 48.4 Å². The number of hydrogen-bond donors (Lipinski definition) is 0. The Hall–Kier alpha value is 4.34. The van der Waals surface area contributed by atoms with Gasteiger partial charge in [0, 0.05) is 104 Å². The Bertz CT molecular complexity index is 243. The molecule has 3 N–H and O–H groups in total. The Morgan fingerprint density at radius 3 is 1.83 bits per heavy atom. The predicted octanol–water partition coefficient (Wildman–Crippen LogP) is 3.21. The number of hydrogen-bond acceptors (Lipinski definition) is 1. The van der Waals surface area contributed by atoms with Crippen LogP contribution >= 0.6 is 0 Å². The van der Waals surface area contributed by atoms with E-state index in [9.17, 15) is 4.79 Å². The molecule has 24 heavy (non-hydrogen) atoms. The Labute approximate surface area is 273 Å². The molecule has 2 atom stereocenters. The first-order valence-corrected chi connectivity index (χ1v) is 6.20. The van der Waals surface area contributed by atoms with Crippen LogP contribution in [0.2, 0.25) is 0 Å². The van der Waals surface area contributed by atoms with E-state index in [1.807, 2.05) is 6.92 Å². The minimum atomic E-state index is 0. The van der Waals surface area contributed by atoms with Gasteiger partial charge < -0.3 is 45.7 Å². The number of nitrogens with two attached hydrogens (primary N) is 1. The first-order chi connectivity index (χ1) is 7.49. The van der Waals surface area contributed by atoms with Crippen LogP contribution < -0.4 is 51.4 Å². The number of carbonyl (C=O) groups excluding carboxylic acids is 1. The van der Waals surface area contributed by atoms with Crippen molar-refractivity contribution in [3.05, 3.63) is 39.5 Å². The first-order valence-electron chi connectivity index (χ1n) is 6.20. The van der Waals surface area contributed by atoms with E-state index < -0.39 is 0 Å². The Morgan fingerprint density at radius 2 is 1.54 bits per heavy atom. The molecule has 0 aromatic heterocycles. The SMILES string of the molecule is CC[N-]C(=O)C1C(C)CCCC1(C)C.C[NH-].[CH3-].[CH3-].[CH3-].[H-].[K+].[NH2-].[Y].[Y].[Y]. The molecule has 1 aliphatic rings. The monoisotopic (exact) mass is 594 g/mol. The Morgan fingerprint density at radius 1 is 1.17 bits per heavy atom. The van der Waals surface area contributed by atoms with Gasteiger partial charge in [0.2, 0.25) is 0 Å². The fourth-order valence-corrected chi connectivity index (χ4v) is 2.80. The van der Waals surface area contributed by atoms with Gasteiger partial charge in [-0.15, -0.1) is 6.54 Å². The van der Waals surface area contributed by atoms with Gasteiger partial charge in [0.25, 0.3) is 0 Å². The first kappa shape index (κ1) is 56.6. The van der Waals surface area contributed by atoms with Crippen molar-refractivity contribution in [3.63, 3.8) is 0 Å². The van der Waals surface area contributed by atoms with E-state index in [-0.39, 0.29) is 197 Å². The van der Waals surface area contributed by atoms with Crippen LogP contribution in [0.4, 0.5) is 0 Å². The van der Waals surface area contributed by atoms with Crippen molar-refractivity contribution < 1.29 is 156 Å². The maximum atomic E-state index is 11.9. The minimum Gasteiger partial charge on any atom is -1.00 e. The van der Waals surface area contributed by atoms with E-state index in [1.54, 1.807) is 0 Å². The van der Waals surface area contributed by atoms with E-state index in [4.69, 9.17) is 5.73 Å². The van der Waals surface area contributed by atoms with Crippen LogP contribution in [0.25, 0.3) is 17.2 Å².